The molecule has 1 saturated heterocycles. The summed E-state index contributed by atoms with van der Waals surface area (Å²) >= 11 is 0. The maximum atomic E-state index is 11.9. The van der Waals surface area contributed by atoms with E-state index in [9.17, 15) is 13.5 Å². The summed E-state index contributed by atoms with van der Waals surface area (Å²) < 4.78 is 23.7. The zero-order valence-corrected chi connectivity index (χ0v) is 10.6. The molecule has 17 heavy (non-hydrogen) atoms. The first-order chi connectivity index (χ1) is 8.09. The molecule has 2 unspecified atom stereocenters. The Morgan fingerprint density at radius 2 is 1.94 bits per heavy atom. The summed E-state index contributed by atoms with van der Waals surface area (Å²) in [7, 11) is -3.09. The van der Waals surface area contributed by atoms with Crippen LogP contribution in [0.25, 0.3) is 0 Å². The van der Waals surface area contributed by atoms with E-state index in [0.717, 1.165) is 18.4 Å². The van der Waals surface area contributed by atoms with Gasteiger partial charge in [0.25, 0.3) is 0 Å². The van der Waals surface area contributed by atoms with Crippen molar-refractivity contribution in [2.75, 3.05) is 5.75 Å². The average molecular weight is 254 g/mol. The summed E-state index contributed by atoms with van der Waals surface area (Å²) in [6.07, 6.45) is 1.87. The van der Waals surface area contributed by atoms with Crippen LogP contribution in [-0.4, -0.2) is 30.6 Å². The SMILES string of the molecule is O=S1(=O)CCCCC1C(O)Cc1ccccc1. The Morgan fingerprint density at radius 1 is 1.24 bits per heavy atom. The van der Waals surface area contributed by atoms with Gasteiger partial charge in [0.1, 0.15) is 0 Å². The highest BCUT2D eigenvalue weighted by Gasteiger charge is 2.34. The minimum absolute atomic E-state index is 0.226. The van der Waals surface area contributed by atoms with Crippen molar-refractivity contribution in [1.82, 2.24) is 0 Å². The van der Waals surface area contributed by atoms with Gasteiger partial charge in [-0.05, 0) is 24.8 Å². The number of benzene rings is 1. The molecule has 0 radical (unpaired) electrons. The van der Waals surface area contributed by atoms with Gasteiger partial charge in [0.15, 0.2) is 9.84 Å². The third-order valence-corrected chi connectivity index (χ3v) is 5.68. The van der Waals surface area contributed by atoms with Crippen LogP contribution < -0.4 is 0 Å². The molecule has 2 rings (SSSR count). The summed E-state index contributed by atoms with van der Waals surface area (Å²) in [4.78, 5) is 0. The van der Waals surface area contributed by atoms with Gasteiger partial charge in [0.2, 0.25) is 0 Å². The lowest BCUT2D eigenvalue weighted by Crippen LogP contribution is -2.39. The number of hydrogen-bond donors (Lipinski definition) is 1. The summed E-state index contributed by atoms with van der Waals surface area (Å²) in [5.41, 5.74) is 0.987. The first-order valence-electron chi connectivity index (χ1n) is 6.03. The van der Waals surface area contributed by atoms with Crippen molar-refractivity contribution in [3.8, 4) is 0 Å². The monoisotopic (exact) mass is 254 g/mol. The minimum atomic E-state index is -3.09. The molecule has 0 spiro atoms. The number of aliphatic hydroxyl groups is 1. The summed E-state index contributed by atoms with van der Waals surface area (Å²) in [5, 5.41) is 9.51. The second kappa shape index (κ2) is 5.19. The largest absolute Gasteiger partial charge is 0.391 e. The Hall–Kier alpha value is -0.870. The van der Waals surface area contributed by atoms with Gasteiger partial charge in [-0.2, -0.15) is 0 Å². The van der Waals surface area contributed by atoms with Crippen LogP contribution in [0.3, 0.4) is 0 Å². The number of hydrogen-bond acceptors (Lipinski definition) is 3. The molecule has 0 amide bonds. The van der Waals surface area contributed by atoms with Gasteiger partial charge in [0, 0.05) is 0 Å². The van der Waals surface area contributed by atoms with Crippen LogP contribution in [0.4, 0.5) is 0 Å². The fourth-order valence-electron chi connectivity index (χ4n) is 2.40. The Kier molecular flexibility index (Phi) is 3.84. The summed E-state index contributed by atoms with van der Waals surface area (Å²) in [6, 6.07) is 9.54. The van der Waals surface area contributed by atoms with Crippen LogP contribution in [-0.2, 0) is 16.3 Å². The first kappa shape index (κ1) is 12.6. The smallest absolute Gasteiger partial charge is 0.155 e. The van der Waals surface area contributed by atoms with Crippen LogP contribution in [0, 0.1) is 0 Å². The van der Waals surface area contributed by atoms with Gasteiger partial charge < -0.3 is 5.11 Å². The van der Waals surface area contributed by atoms with E-state index in [-0.39, 0.29) is 5.75 Å². The van der Waals surface area contributed by atoms with Crippen molar-refractivity contribution in [3.05, 3.63) is 35.9 Å². The highest BCUT2D eigenvalue weighted by molar-refractivity contribution is 7.92. The lowest BCUT2D eigenvalue weighted by atomic mass is 10.0. The van der Waals surface area contributed by atoms with Gasteiger partial charge in [-0.15, -0.1) is 0 Å². The Balaban J connectivity index is 2.07. The van der Waals surface area contributed by atoms with Crippen molar-refractivity contribution in [3.63, 3.8) is 0 Å². The number of aliphatic hydroxyl groups excluding tert-OH is 1. The molecule has 4 heteroatoms. The van der Waals surface area contributed by atoms with Crippen LogP contribution in [0.5, 0.6) is 0 Å². The lowest BCUT2D eigenvalue weighted by molar-refractivity contribution is 0.162. The third-order valence-electron chi connectivity index (χ3n) is 3.35. The number of sulfone groups is 1. The molecule has 1 aromatic rings. The van der Waals surface area contributed by atoms with Gasteiger partial charge in [-0.25, -0.2) is 8.42 Å². The normalized spacial score (nSPS) is 25.4. The van der Waals surface area contributed by atoms with Crippen molar-refractivity contribution >= 4 is 9.84 Å². The molecule has 94 valence electrons. The predicted molar refractivity (Wildman–Crippen MR) is 67.6 cm³/mol. The molecule has 0 saturated carbocycles. The van der Waals surface area contributed by atoms with Gasteiger partial charge in [0.05, 0.1) is 17.1 Å². The molecule has 2 atom stereocenters. The molecule has 3 nitrogen and oxygen atoms in total. The summed E-state index contributed by atoms with van der Waals surface area (Å²) in [5.74, 6) is 0.226. The molecule has 1 aromatic carbocycles. The second-order valence-electron chi connectivity index (χ2n) is 4.66. The quantitative estimate of drug-likeness (QED) is 0.890. The molecular weight excluding hydrogens is 236 g/mol. The van der Waals surface area contributed by atoms with Gasteiger partial charge in [-0.3, -0.25) is 0 Å². The van der Waals surface area contributed by atoms with Gasteiger partial charge >= 0.3 is 0 Å². The standard InChI is InChI=1S/C13H18O3S/c14-12(10-11-6-2-1-3-7-11)13-8-4-5-9-17(13,15)16/h1-3,6-7,12-14H,4-5,8-10H2. The fourth-order valence-corrected chi connectivity index (χ4v) is 4.41. The van der Waals surface area contributed by atoms with E-state index >= 15 is 0 Å². The van der Waals surface area contributed by atoms with Crippen LogP contribution in [0.15, 0.2) is 30.3 Å². The van der Waals surface area contributed by atoms with E-state index in [1.807, 2.05) is 30.3 Å². The van der Waals surface area contributed by atoms with Crippen molar-refractivity contribution in [2.45, 2.75) is 37.0 Å². The Bertz CT molecular complexity index is 453. The van der Waals surface area contributed by atoms with Gasteiger partial charge in [-0.1, -0.05) is 36.8 Å². The van der Waals surface area contributed by atoms with E-state index in [2.05, 4.69) is 0 Å². The highest BCUT2D eigenvalue weighted by Crippen LogP contribution is 2.24. The average Bonchev–Trinajstić information content (AvgIpc) is 2.29. The van der Waals surface area contributed by atoms with E-state index < -0.39 is 21.2 Å². The first-order valence-corrected chi connectivity index (χ1v) is 7.75. The van der Waals surface area contributed by atoms with Crippen LogP contribution in [0.1, 0.15) is 24.8 Å². The Morgan fingerprint density at radius 3 is 2.59 bits per heavy atom. The molecule has 1 aliphatic rings. The molecular formula is C13H18O3S. The molecule has 0 aliphatic carbocycles. The van der Waals surface area contributed by atoms with E-state index in [1.54, 1.807) is 0 Å². The Labute approximate surface area is 102 Å². The lowest BCUT2D eigenvalue weighted by Gasteiger charge is -2.26. The molecule has 1 aliphatic heterocycles. The third kappa shape index (κ3) is 3.07. The predicted octanol–water partition coefficient (Wildman–Crippen LogP) is 1.56. The van der Waals surface area contributed by atoms with Crippen molar-refractivity contribution in [1.29, 1.82) is 0 Å². The highest BCUT2D eigenvalue weighted by atomic mass is 32.2. The maximum Gasteiger partial charge on any atom is 0.155 e. The van der Waals surface area contributed by atoms with Crippen LogP contribution in [0.2, 0.25) is 0 Å². The van der Waals surface area contributed by atoms with Crippen LogP contribution >= 0.6 is 0 Å². The van der Waals surface area contributed by atoms with E-state index in [1.165, 1.54) is 0 Å². The maximum absolute atomic E-state index is 11.9. The van der Waals surface area contributed by atoms with E-state index in [4.69, 9.17) is 0 Å². The second-order valence-corrected chi connectivity index (χ2v) is 7.00. The minimum Gasteiger partial charge on any atom is -0.391 e. The molecule has 1 N–H and O–H groups in total. The van der Waals surface area contributed by atoms with E-state index in [0.29, 0.717) is 12.8 Å². The zero-order chi connectivity index (χ0) is 12.3. The molecule has 1 fully saturated rings. The van der Waals surface area contributed by atoms with Crippen molar-refractivity contribution < 1.29 is 13.5 Å². The topological polar surface area (TPSA) is 54.4 Å². The number of rotatable bonds is 3. The fraction of sp³-hybridized carbons (Fsp3) is 0.538. The zero-order valence-electron chi connectivity index (χ0n) is 9.75. The molecule has 0 bridgehead atoms. The summed E-state index contributed by atoms with van der Waals surface area (Å²) in [6.45, 7) is 0. The molecule has 0 aromatic heterocycles. The molecule has 1 heterocycles. The van der Waals surface area contributed by atoms with Crippen molar-refractivity contribution in [2.24, 2.45) is 0 Å².